The summed E-state index contributed by atoms with van der Waals surface area (Å²) in [6.07, 6.45) is 0.609. The number of ether oxygens (including phenoxy) is 1. The van der Waals surface area contributed by atoms with Gasteiger partial charge in [0.05, 0.1) is 12.7 Å². The first-order valence-corrected chi connectivity index (χ1v) is 6.38. The molecule has 0 heterocycles. The van der Waals surface area contributed by atoms with Gasteiger partial charge in [-0.05, 0) is 42.7 Å². The van der Waals surface area contributed by atoms with Crippen molar-refractivity contribution in [3.05, 3.63) is 60.2 Å². The van der Waals surface area contributed by atoms with Crippen LogP contribution in [-0.2, 0) is 6.42 Å². The van der Waals surface area contributed by atoms with E-state index in [-0.39, 0.29) is 6.61 Å². The molecule has 0 aromatic heterocycles. The largest absolute Gasteiger partial charge is 0.457 e. The van der Waals surface area contributed by atoms with E-state index in [1.54, 1.807) is 0 Å². The molecule has 0 saturated heterocycles. The number of hydrogen-bond acceptors (Lipinski definition) is 3. The van der Waals surface area contributed by atoms with Crippen LogP contribution in [0.3, 0.4) is 0 Å². The van der Waals surface area contributed by atoms with Gasteiger partial charge in [0.2, 0.25) is 0 Å². The molecule has 0 saturated carbocycles. The minimum absolute atomic E-state index is 0.194. The van der Waals surface area contributed by atoms with Crippen LogP contribution in [0.1, 0.15) is 12.0 Å². The van der Waals surface area contributed by atoms with Crippen LogP contribution in [-0.4, -0.2) is 22.9 Å². The maximum atomic E-state index is 9.34. The summed E-state index contributed by atoms with van der Waals surface area (Å²) in [5.74, 6) is 1.58. The second-order valence-corrected chi connectivity index (χ2v) is 4.44. The maximum Gasteiger partial charge on any atom is 0.127 e. The van der Waals surface area contributed by atoms with Gasteiger partial charge < -0.3 is 14.9 Å². The summed E-state index contributed by atoms with van der Waals surface area (Å²) < 4.78 is 5.74. The average Bonchev–Trinajstić information content (AvgIpc) is 2.46. The zero-order valence-corrected chi connectivity index (χ0v) is 10.7. The second kappa shape index (κ2) is 6.92. The molecule has 0 spiro atoms. The van der Waals surface area contributed by atoms with Crippen molar-refractivity contribution < 1.29 is 14.9 Å². The van der Waals surface area contributed by atoms with Gasteiger partial charge in [-0.25, -0.2) is 0 Å². The average molecular weight is 258 g/mol. The monoisotopic (exact) mass is 258 g/mol. The van der Waals surface area contributed by atoms with Crippen molar-refractivity contribution in [2.24, 2.45) is 0 Å². The predicted molar refractivity (Wildman–Crippen MR) is 74.4 cm³/mol. The highest BCUT2D eigenvalue weighted by molar-refractivity contribution is 5.33. The van der Waals surface area contributed by atoms with Gasteiger partial charge in [0, 0.05) is 0 Å². The molecule has 0 aliphatic carbocycles. The fraction of sp³-hybridized carbons (Fsp3) is 0.250. The van der Waals surface area contributed by atoms with Gasteiger partial charge in [0.1, 0.15) is 11.5 Å². The van der Waals surface area contributed by atoms with Crippen molar-refractivity contribution in [2.45, 2.75) is 18.9 Å². The lowest BCUT2D eigenvalue weighted by atomic mass is 10.1. The van der Waals surface area contributed by atoms with Crippen LogP contribution in [0.15, 0.2) is 54.6 Å². The Morgan fingerprint density at radius 3 is 2.42 bits per heavy atom. The van der Waals surface area contributed by atoms with E-state index in [2.05, 4.69) is 0 Å². The van der Waals surface area contributed by atoms with Gasteiger partial charge in [-0.15, -0.1) is 0 Å². The zero-order chi connectivity index (χ0) is 13.5. The van der Waals surface area contributed by atoms with Crippen molar-refractivity contribution in [1.82, 2.24) is 0 Å². The Kier molecular flexibility index (Phi) is 4.95. The van der Waals surface area contributed by atoms with Gasteiger partial charge in [0.25, 0.3) is 0 Å². The third kappa shape index (κ3) is 4.39. The molecule has 0 aliphatic heterocycles. The topological polar surface area (TPSA) is 49.7 Å². The van der Waals surface area contributed by atoms with Crippen molar-refractivity contribution in [3.8, 4) is 11.5 Å². The highest BCUT2D eigenvalue weighted by atomic mass is 16.5. The molecule has 19 heavy (non-hydrogen) atoms. The number of aliphatic hydroxyl groups excluding tert-OH is 2. The van der Waals surface area contributed by atoms with E-state index in [9.17, 15) is 5.11 Å². The summed E-state index contributed by atoms with van der Waals surface area (Å²) in [7, 11) is 0. The molecule has 0 fully saturated rings. The number of aryl methyl sites for hydroxylation is 1. The van der Waals surface area contributed by atoms with Crippen molar-refractivity contribution >= 4 is 0 Å². The van der Waals surface area contributed by atoms with Gasteiger partial charge in [0.15, 0.2) is 0 Å². The van der Waals surface area contributed by atoms with E-state index >= 15 is 0 Å². The Hall–Kier alpha value is -1.84. The first-order chi connectivity index (χ1) is 9.28. The van der Waals surface area contributed by atoms with Crippen LogP contribution >= 0.6 is 0 Å². The number of aliphatic hydroxyl groups is 2. The Bertz CT molecular complexity index is 496. The summed E-state index contributed by atoms with van der Waals surface area (Å²) in [5.41, 5.74) is 1.08. The van der Waals surface area contributed by atoms with Crippen LogP contribution < -0.4 is 4.74 Å². The lowest BCUT2D eigenvalue weighted by molar-refractivity contribution is 0.0886. The third-order valence-electron chi connectivity index (χ3n) is 2.85. The SMILES string of the molecule is OCC(O)CCc1cccc(Oc2ccccc2)c1. The molecule has 2 aromatic carbocycles. The van der Waals surface area contributed by atoms with E-state index in [4.69, 9.17) is 9.84 Å². The van der Waals surface area contributed by atoms with Crippen LogP contribution in [0.2, 0.25) is 0 Å². The minimum atomic E-state index is -0.654. The summed E-state index contributed by atoms with van der Waals surface area (Å²) >= 11 is 0. The smallest absolute Gasteiger partial charge is 0.127 e. The molecule has 0 bridgehead atoms. The molecule has 3 nitrogen and oxygen atoms in total. The number of hydrogen-bond donors (Lipinski definition) is 2. The Balaban J connectivity index is 1.99. The summed E-state index contributed by atoms with van der Waals surface area (Å²) in [4.78, 5) is 0. The van der Waals surface area contributed by atoms with Crippen molar-refractivity contribution in [2.75, 3.05) is 6.61 Å². The lowest BCUT2D eigenvalue weighted by Gasteiger charge is -2.09. The van der Waals surface area contributed by atoms with Gasteiger partial charge in [-0.1, -0.05) is 30.3 Å². The van der Waals surface area contributed by atoms with E-state index in [0.717, 1.165) is 17.1 Å². The van der Waals surface area contributed by atoms with E-state index in [1.165, 1.54) is 0 Å². The molecule has 100 valence electrons. The molecule has 1 unspecified atom stereocenters. The Morgan fingerprint density at radius 2 is 1.68 bits per heavy atom. The van der Waals surface area contributed by atoms with Gasteiger partial charge in [-0.3, -0.25) is 0 Å². The highest BCUT2D eigenvalue weighted by Crippen LogP contribution is 2.22. The number of para-hydroxylation sites is 1. The molecule has 3 heteroatoms. The Morgan fingerprint density at radius 1 is 0.947 bits per heavy atom. The third-order valence-corrected chi connectivity index (χ3v) is 2.85. The summed E-state index contributed by atoms with van der Waals surface area (Å²) in [5, 5.41) is 18.1. The molecule has 2 aromatic rings. The minimum Gasteiger partial charge on any atom is -0.457 e. The predicted octanol–water partition coefficient (Wildman–Crippen LogP) is 2.76. The van der Waals surface area contributed by atoms with Crippen molar-refractivity contribution in [3.63, 3.8) is 0 Å². The first kappa shape index (κ1) is 13.6. The normalized spacial score (nSPS) is 12.1. The molecule has 0 aliphatic rings. The van der Waals surface area contributed by atoms with Gasteiger partial charge >= 0.3 is 0 Å². The second-order valence-electron chi connectivity index (χ2n) is 4.44. The molecule has 0 amide bonds. The van der Waals surface area contributed by atoms with Crippen molar-refractivity contribution in [1.29, 1.82) is 0 Å². The molecular weight excluding hydrogens is 240 g/mol. The fourth-order valence-electron chi connectivity index (χ4n) is 1.81. The van der Waals surface area contributed by atoms with Crippen LogP contribution in [0, 0.1) is 0 Å². The maximum absolute atomic E-state index is 9.34. The Labute approximate surface area is 113 Å². The molecule has 2 rings (SSSR count). The van der Waals surface area contributed by atoms with Crippen LogP contribution in [0.5, 0.6) is 11.5 Å². The lowest BCUT2D eigenvalue weighted by Crippen LogP contribution is -2.12. The van der Waals surface area contributed by atoms with Crippen LogP contribution in [0.25, 0.3) is 0 Å². The molecular formula is C16H18O3. The number of rotatable bonds is 6. The fourth-order valence-corrected chi connectivity index (χ4v) is 1.81. The highest BCUT2D eigenvalue weighted by Gasteiger charge is 2.04. The van der Waals surface area contributed by atoms with E-state index in [1.807, 2.05) is 54.6 Å². The quantitative estimate of drug-likeness (QED) is 0.837. The molecule has 2 N–H and O–H groups in total. The van der Waals surface area contributed by atoms with E-state index in [0.29, 0.717) is 12.8 Å². The zero-order valence-electron chi connectivity index (χ0n) is 10.7. The standard InChI is InChI=1S/C16H18O3/c17-12-14(18)10-9-13-5-4-8-16(11-13)19-15-6-2-1-3-7-15/h1-8,11,14,17-18H,9-10,12H2. The van der Waals surface area contributed by atoms with E-state index < -0.39 is 6.10 Å². The molecule has 0 radical (unpaired) electrons. The summed E-state index contributed by atoms with van der Waals surface area (Å²) in [6, 6.07) is 17.4. The van der Waals surface area contributed by atoms with Crippen LogP contribution in [0.4, 0.5) is 0 Å². The number of benzene rings is 2. The molecule has 1 atom stereocenters. The first-order valence-electron chi connectivity index (χ1n) is 6.38. The van der Waals surface area contributed by atoms with Gasteiger partial charge in [-0.2, -0.15) is 0 Å². The summed E-state index contributed by atoms with van der Waals surface area (Å²) in [6.45, 7) is -0.194.